The molecule has 0 amide bonds. The molecule has 2 heteroatoms. The smallest absolute Gasteiger partial charge is 0.118 e. The second-order valence-electron chi connectivity index (χ2n) is 3.86. The van der Waals surface area contributed by atoms with Crippen LogP contribution in [0.4, 0.5) is 0 Å². The average molecular weight is 204 g/mol. The third-order valence-electron chi connectivity index (χ3n) is 2.88. The van der Waals surface area contributed by atoms with Crippen LogP contribution >= 0.6 is 0 Å². The summed E-state index contributed by atoms with van der Waals surface area (Å²) in [4.78, 5) is 0. The van der Waals surface area contributed by atoms with Gasteiger partial charge in [0.05, 0.1) is 12.9 Å². The summed E-state index contributed by atoms with van der Waals surface area (Å²) in [5.41, 5.74) is 2.22. The van der Waals surface area contributed by atoms with Gasteiger partial charge in [-0.25, -0.2) is 0 Å². The highest BCUT2D eigenvalue weighted by Crippen LogP contribution is 2.31. The van der Waals surface area contributed by atoms with Gasteiger partial charge in [0, 0.05) is 6.42 Å². The zero-order chi connectivity index (χ0) is 10.7. The normalized spacial score (nSPS) is 16.6. The maximum Gasteiger partial charge on any atom is 0.118 e. The van der Waals surface area contributed by atoms with Crippen LogP contribution in [0, 0.1) is 0 Å². The molecule has 15 heavy (non-hydrogen) atoms. The third-order valence-corrected chi connectivity index (χ3v) is 2.88. The fourth-order valence-electron chi connectivity index (χ4n) is 1.99. The van der Waals surface area contributed by atoms with Crippen molar-refractivity contribution in [2.75, 3.05) is 7.11 Å². The van der Waals surface area contributed by atoms with E-state index in [-0.39, 0.29) is 0 Å². The van der Waals surface area contributed by atoms with E-state index >= 15 is 0 Å². The number of hydrogen-bond donors (Lipinski definition) is 1. The Morgan fingerprint density at radius 1 is 1.07 bits per heavy atom. The van der Waals surface area contributed by atoms with Crippen LogP contribution in [0.3, 0.4) is 0 Å². The van der Waals surface area contributed by atoms with Gasteiger partial charge in [0.25, 0.3) is 0 Å². The van der Waals surface area contributed by atoms with Crippen molar-refractivity contribution in [1.82, 2.24) is 0 Å². The molecule has 1 aliphatic rings. The fraction of sp³-hybridized carbons (Fsp3) is 0.385. The first kappa shape index (κ1) is 10.1. The molecule has 0 heterocycles. The molecule has 1 aromatic rings. The van der Waals surface area contributed by atoms with E-state index in [4.69, 9.17) is 4.74 Å². The molecule has 0 bridgehead atoms. The van der Waals surface area contributed by atoms with Gasteiger partial charge in [-0.1, -0.05) is 12.1 Å². The van der Waals surface area contributed by atoms with Crippen molar-refractivity contribution in [3.63, 3.8) is 0 Å². The van der Waals surface area contributed by atoms with Crippen LogP contribution in [0.1, 0.15) is 31.2 Å². The minimum Gasteiger partial charge on any atom is -0.512 e. The van der Waals surface area contributed by atoms with Crippen molar-refractivity contribution < 1.29 is 9.84 Å². The maximum absolute atomic E-state index is 9.80. The maximum atomic E-state index is 9.80. The van der Waals surface area contributed by atoms with E-state index in [0.29, 0.717) is 5.76 Å². The number of aliphatic hydroxyl groups excluding tert-OH is 1. The molecule has 1 aromatic carbocycles. The first-order valence-electron chi connectivity index (χ1n) is 5.36. The molecule has 0 fully saturated rings. The van der Waals surface area contributed by atoms with Crippen LogP contribution in [-0.2, 0) is 0 Å². The molecule has 0 saturated carbocycles. The van der Waals surface area contributed by atoms with E-state index < -0.39 is 0 Å². The highest BCUT2D eigenvalue weighted by atomic mass is 16.5. The van der Waals surface area contributed by atoms with Crippen molar-refractivity contribution in [3.8, 4) is 5.75 Å². The molecule has 0 atom stereocenters. The van der Waals surface area contributed by atoms with Gasteiger partial charge in [0.2, 0.25) is 0 Å². The van der Waals surface area contributed by atoms with Gasteiger partial charge in [0.1, 0.15) is 5.75 Å². The molecule has 2 rings (SSSR count). The van der Waals surface area contributed by atoms with E-state index in [9.17, 15) is 5.11 Å². The predicted molar refractivity (Wildman–Crippen MR) is 61.0 cm³/mol. The van der Waals surface area contributed by atoms with Gasteiger partial charge in [-0.3, -0.25) is 0 Å². The van der Waals surface area contributed by atoms with Crippen LogP contribution < -0.4 is 4.74 Å². The lowest BCUT2D eigenvalue weighted by Crippen LogP contribution is -1.98. The second-order valence-corrected chi connectivity index (χ2v) is 3.86. The predicted octanol–water partition coefficient (Wildman–Crippen LogP) is 3.54. The van der Waals surface area contributed by atoms with Crippen molar-refractivity contribution >= 4 is 5.57 Å². The third kappa shape index (κ3) is 2.14. The Hall–Kier alpha value is -1.44. The van der Waals surface area contributed by atoms with E-state index in [1.54, 1.807) is 7.11 Å². The zero-order valence-electron chi connectivity index (χ0n) is 8.99. The number of ether oxygens (including phenoxy) is 1. The largest absolute Gasteiger partial charge is 0.512 e. The number of methoxy groups -OCH3 is 1. The van der Waals surface area contributed by atoms with E-state index in [2.05, 4.69) is 0 Å². The van der Waals surface area contributed by atoms with Crippen molar-refractivity contribution in [1.29, 1.82) is 0 Å². The summed E-state index contributed by atoms with van der Waals surface area (Å²) < 4.78 is 5.10. The summed E-state index contributed by atoms with van der Waals surface area (Å²) in [5.74, 6) is 1.42. The van der Waals surface area contributed by atoms with E-state index in [1.165, 1.54) is 6.42 Å². The zero-order valence-corrected chi connectivity index (χ0v) is 8.99. The number of hydrogen-bond acceptors (Lipinski definition) is 2. The van der Waals surface area contributed by atoms with Gasteiger partial charge < -0.3 is 9.84 Å². The Balaban J connectivity index is 2.28. The van der Waals surface area contributed by atoms with Crippen molar-refractivity contribution in [2.45, 2.75) is 25.7 Å². The number of aliphatic hydroxyl groups is 1. The molecule has 2 nitrogen and oxygen atoms in total. The standard InChI is InChI=1S/C13H16O2/c1-15-11-8-6-10(7-9-11)12-4-2-3-5-13(12)14/h6-9,14H,2-5H2,1H3. The Morgan fingerprint density at radius 3 is 2.33 bits per heavy atom. The van der Waals surface area contributed by atoms with E-state index in [1.807, 2.05) is 24.3 Å². The van der Waals surface area contributed by atoms with Gasteiger partial charge in [-0.05, 0) is 42.5 Å². The molecule has 0 aromatic heterocycles. The summed E-state index contributed by atoms with van der Waals surface area (Å²) in [6, 6.07) is 7.89. The minimum absolute atomic E-state index is 0.561. The molecule has 1 aliphatic carbocycles. The highest BCUT2D eigenvalue weighted by molar-refractivity contribution is 5.68. The molecule has 80 valence electrons. The number of allylic oxidation sites excluding steroid dienone is 2. The summed E-state index contributed by atoms with van der Waals surface area (Å²) >= 11 is 0. The first-order chi connectivity index (χ1) is 7.31. The molecule has 0 unspecified atom stereocenters. The van der Waals surface area contributed by atoms with Gasteiger partial charge in [-0.2, -0.15) is 0 Å². The Labute approximate surface area is 90.2 Å². The highest BCUT2D eigenvalue weighted by Gasteiger charge is 2.13. The quantitative estimate of drug-likeness (QED) is 0.798. The van der Waals surface area contributed by atoms with Crippen LogP contribution in [0.15, 0.2) is 30.0 Å². The lowest BCUT2D eigenvalue weighted by Gasteiger charge is -2.16. The number of benzene rings is 1. The van der Waals surface area contributed by atoms with Gasteiger partial charge in [-0.15, -0.1) is 0 Å². The van der Waals surface area contributed by atoms with Crippen molar-refractivity contribution in [3.05, 3.63) is 35.6 Å². The van der Waals surface area contributed by atoms with E-state index in [0.717, 1.165) is 36.1 Å². The SMILES string of the molecule is COc1ccc(C2=C(O)CCCC2)cc1. The molecular weight excluding hydrogens is 188 g/mol. The van der Waals surface area contributed by atoms with Crippen molar-refractivity contribution in [2.24, 2.45) is 0 Å². The molecule has 0 spiro atoms. The Morgan fingerprint density at radius 2 is 1.73 bits per heavy atom. The first-order valence-corrected chi connectivity index (χ1v) is 5.36. The molecular formula is C13H16O2. The lowest BCUT2D eigenvalue weighted by molar-refractivity contribution is 0.374. The molecule has 0 aliphatic heterocycles. The van der Waals surface area contributed by atoms with Crippen LogP contribution in [0.5, 0.6) is 5.75 Å². The van der Waals surface area contributed by atoms with Crippen LogP contribution in [-0.4, -0.2) is 12.2 Å². The summed E-state index contributed by atoms with van der Waals surface area (Å²) in [5, 5.41) is 9.80. The van der Waals surface area contributed by atoms with Gasteiger partial charge in [0.15, 0.2) is 0 Å². The summed E-state index contributed by atoms with van der Waals surface area (Å²) in [6.07, 6.45) is 4.08. The lowest BCUT2D eigenvalue weighted by atomic mass is 9.92. The van der Waals surface area contributed by atoms with Gasteiger partial charge >= 0.3 is 0 Å². The molecule has 0 radical (unpaired) electrons. The minimum atomic E-state index is 0.561. The Kier molecular flexibility index (Phi) is 2.95. The topological polar surface area (TPSA) is 29.5 Å². The van der Waals surface area contributed by atoms with Crippen LogP contribution in [0.25, 0.3) is 5.57 Å². The molecule has 1 N–H and O–H groups in total. The monoisotopic (exact) mass is 204 g/mol. The summed E-state index contributed by atoms with van der Waals surface area (Å²) in [7, 11) is 1.66. The van der Waals surface area contributed by atoms with Crippen LogP contribution in [0.2, 0.25) is 0 Å². The average Bonchev–Trinajstić information content (AvgIpc) is 2.30. The number of rotatable bonds is 2. The Bertz CT molecular complexity index is 363. The fourth-order valence-corrected chi connectivity index (χ4v) is 1.99. The summed E-state index contributed by atoms with van der Waals surface area (Å²) in [6.45, 7) is 0. The molecule has 0 saturated heterocycles. The second kappa shape index (κ2) is 4.39.